The van der Waals surface area contributed by atoms with E-state index in [0.29, 0.717) is 13.2 Å². The molecule has 0 aromatic heterocycles. The molecule has 1 aromatic carbocycles. The number of methoxy groups -OCH3 is 1. The summed E-state index contributed by atoms with van der Waals surface area (Å²) in [6.07, 6.45) is 0. The predicted molar refractivity (Wildman–Crippen MR) is 76.3 cm³/mol. The predicted octanol–water partition coefficient (Wildman–Crippen LogP) is 0.980. The van der Waals surface area contributed by atoms with Gasteiger partial charge in [0, 0.05) is 13.7 Å². The molecule has 9 heteroatoms. The van der Waals surface area contributed by atoms with Crippen molar-refractivity contribution in [3.63, 3.8) is 0 Å². The van der Waals surface area contributed by atoms with Crippen LogP contribution in [0.25, 0.3) is 0 Å². The Balaban J connectivity index is 2.70. The van der Waals surface area contributed by atoms with Crippen molar-refractivity contribution in [1.82, 2.24) is 4.72 Å². The summed E-state index contributed by atoms with van der Waals surface area (Å²) in [5, 5.41) is 8.82. The maximum Gasteiger partial charge on any atom is 0.335 e. The lowest BCUT2D eigenvalue weighted by atomic mass is 10.2. The van der Waals surface area contributed by atoms with Crippen molar-refractivity contribution in [2.24, 2.45) is 0 Å². The zero-order valence-corrected chi connectivity index (χ0v) is 12.9. The van der Waals surface area contributed by atoms with Crippen LogP contribution in [0.1, 0.15) is 10.4 Å². The average molecular weight is 338 g/mol. The third kappa shape index (κ3) is 5.60. The molecule has 0 fully saturated rings. The van der Waals surface area contributed by atoms with Gasteiger partial charge < -0.3 is 14.6 Å². The van der Waals surface area contributed by atoms with Gasteiger partial charge in [0.05, 0.1) is 30.4 Å². The Kier molecular flexibility index (Phi) is 7.06. The van der Waals surface area contributed by atoms with Crippen LogP contribution < -0.4 is 4.72 Å². The molecule has 21 heavy (non-hydrogen) atoms. The zero-order chi connectivity index (χ0) is 15.9. The molecule has 7 nitrogen and oxygen atoms in total. The molecule has 118 valence electrons. The van der Waals surface area contributed by atoms with Gasteiger partial charge in [-0.2, -0.15) is 0 Å². The second-order valence-electron chi connectivity index (χ2n) is 3.95. The van der Waals surface area contributed by atoms with Crippen LogP contribution in [0, 0.1) is 0 Å². The van der Waals surface area contributed by atoms with E-state index in [1.54, 1.807) is 0 Å². The number of halogens is 1. The molecule has 0 saturated carbocycles. The summed E-state index contributed by atoms with van der Waals surface area (Å²) in [6.45, 7) is 0.977. The fraction of sp³-hybridized carbons (Fsp3) is 0.417. The lowest BCUT2D eigenvalue weighted by Crippen LogP contribution is -2.28. The van der Waals surface area contributed by atoms with E-state index in [1.165, 1.54) is 19.2 Å². The Morgan fingerprint density at radius 3 is 2.67 bits per heavy atom. The van der Waals surface area contributed by atoms with Gasteiger partial charge in [-0.15, -0.1) is 0 Å². The Bertz CT molecular complexity index is 589. The summed E-state index contributed by atoms with van der Waals surface area (Å²) >= 11 is 5.81. The van der Waals surface area contributed by atoms with Crippen molar-refractivity contribution in [2.45, 2.75) is 4.90 Å². The number of rotatable bonds is 9. The molecule has 0 bridgehead atoms. The number of benzene rings is 1. The van der Waals surface area contributed by atoms with Gasteiger partial charge in [-0.25, -0.2) is 17.9 Å². The maximum atomic E-state index is 12.0. The summed E-state index contributed by atoms with van der Waals surface area (Å²) in [5.41, 5.74) is -0.156. The molecule has 0 aliphatic heterocycles. The van der Waals surface area contributed by atoms with Crippen molar-refractivity contribution in [2.75, 3.05) is 33.5 Å². The third-order valence-corrected chi connectivity index (χ3v) is 4.38. The average Bonchev–Trinajstić information content (AvgIpc) is 2.42. The molecule has 1 aromatic rings. The lowest BCUT2D eigenvalue weighted by molar-refractivity contribution is 0.0696. The standard InChI is InChI=1S/C12H16ClNO6S/c1-19-6-7-20-5-4-14-21(17,18)11-8-9(12(15)16)2-3-10(11)13/h2-3,8,14H,4-7H2,1H3,(H,15,16). The van der Waals surface area contributed by atoms with Crippen molar-refractivity contribution in [3.8, 4) is 0 Å². The number of hydrogen-bond donors (Lipinski definition) is 2. The van der Waals surface area contributed by atoms with Crippen LogP contribution in [0.2, 0.25) is 5.02 Å². The Morgan fingerprint density at radius 1 is 1.33 bits per heavy atom. The molecule has 2 N–H and O–H groups in total. The largest absolute Gasteiger partial charge is 0.478 e. The highest BCUT2D eigenvalue weighted by Gasteiger charge is 2.19. The molecule has 0 spiro atoms. The van der Waals surface area contributed by atoms with E-state index in [1.807, 2.05) is 0 Å². The van der Waals surface area contributed by atoms with Crippen LogP contribution in [-0.4, -0.2) is 53.0 Å². The van der Waals surface area contributed by atoms with Gasteiger partial charge in [0.1, 0.15) is 4.90 Å². The summed E-state index contributed by atoms with van der Waals surface area (Å²) < 4.78 is 36.3. The number of hydrogen-bond acceptors (Lipinski definition) is 5. The fourth-order valence-electron chi connectivity index (χ4n) is 1.41. The van der Waals surface area contributed by atoms with Crippen molar-refractivity contribution in [1.29, 1.82) is 0 Å². The number of aromatic carboxylic acids is 1. The molecule has 0 heterocycles. The van der Waals surface area contributed by atoms with Crippen LogP contribution in [0.4, 0.5) is 0 Å². The number of nitrogens with one attached hydrogen (secondary N) is 1. The summed E-state index contributed by atoms with van der Waals surface area (Å²) in [7, 11) is -2.36. The molecule has 0 atom stereocenters. The third-order valence-electron chi connectivity index (χ3n) is 2.44. The van der Waals surface area contributed by atoms with Gasteiger partial charge in [-0.3, -0.25) is 0 Å². The minimum Gasteiger partial charge on any atom is -0.478 e. The maximum absolute atomic E-state index is 12.0. The highest BCUT2D eigenvalue weighted by atomic mass is 35.5. The minimum atomic E-state index is -3.90. The lowest BCUT2D eigenvalue weighted by Gasteiger charge is -2.09. The molecular formula is C12H16ClNO6S. The minimum absolute atomic E-state index is 0.0413. The van der Waals surface area contributed by atoms with Crippen LogP contribution in [-0.2, 0) is 19.5 Å². The first-order chi connectivity index (χ1) is 9.88. The number of carbonyl (C=O) groups is 1. The topological polar surface area (TPSA) is 102 Å². The molecular weight excluding hydrogens is 322 g/mol. The SMILES string of the molecule is COCCOCCNS(=O)(=O)c1cc(C(=O)O)ccc1Cl. The van der Waals surface area contributed by atoms with Crippen LogP contribution in [0.15, 0.2) is 23.1 Å². The van der Waals surface area contributed by atoms with E-state index >= 15 is 0 Å². The molecule has 0 radical (unpaired) electrons. The summed E-state index contributed by atoms with van der Waals surface area (Å²) in [4.78, 5) is 10.6. The van der Waals surface area contributed by atoms with Gasteiger partial charge in [-0.05, 0) is 18.2 Å². The Hall–Kier alpha value is -1.19. The van der Waals surface area contributed by atoms with Gasteiger partial charge in [0.15, 0.2) is 0 Å². The molecule has 0 aliphatic carbocycles. The quantitative estimate of drug-likeness (QED) is 0.651. The number of ether oxygens (including phenoxy) is 2. The molecule has 0 amide bonds. The smallest absolute Gasteiger partial charge is 0.335 e. The molecule has 0 unspecified atom stereocenters. The van der Waals surface area contributed by atoms with E-state index in [9.17, 15) is 13.2 Å². The van der Waals surface area contributed by atoms with Crippen LogP contribution in [0.3, 0.4) is 0 Å². The van der Waals surface area contributed by atoms with E-state index in [2.05, 4.69) is 4.72 Å². The second kappa shape index (κ2) is 8.30. The van der Waals surface area contributed by atoms with E-state index in [-0.39, 0.29) is 28.6 Å². The number of sulfonamides is 1. The van der Waals surface area contributed by atoms with Crippen molar-refractivity contribution in [3.05, 3.63) is 28.8 Å². The van der Waals surface area contributed by atoms with Crippen molar-refractivity contribution >= 4 is 27.6 Å². The normalized spacial score (nSPS) is 11.5. The highest BCUT2D eigenvalue weighted by molar-refractivity contribution is 7.89. The van der Waals surface area contributed by atoms with E-state index in [0.717, 1.165) is 6.07 Å². The van der Waals surface area contributed by atoms with Gasteiger partial charge >= 0.3 is 5.97 Å². The zero-order valence-electron chi connectivity index (χ0n) is 11.3. The Labute approximate surface area is 127 Å². The first-order valence-corrected chi connectivity index (χ1v) is 7.84. The molecule has 1 rings (SSSR count). The highest BCUT2D eigenvalue weighted by Crippen LogP contribution is 2.22. The van der Waals surface area contributed by atoms with E-state index < -0.39 is 16.0 Å². The number of carboxylic acids is 1. The monoisotopic (exact) mass is 337 g/mol. The Morgan fingerprint density at radius 2 is 2.05 bits per heavy atom. The first-order valence-electron chi connectivity index (χ1n) is 5.97. The van der Waals surface area contributed by atoms with Gasteiger partial charge in [0.2, 0.25) is 10.0 Å². The van der Waals surface area contributed by atoms with Crippen LogP contribution in [0.5, 0.6) is 0 Å². The van der Waals surface area contributed by atoms with Crippen LogP contribution >= 0.6 is 11.6 Å². The molecule has 0 aliphatic rings. The van der Waals surface area contributed by atoms with E-state index in [4.69, 9.17) is 26.2 Å². The van der Waals surface area contributed by atoms with Gasteiger partial charge in [0.25, 0.3) is 0 Å². The summed E-state index contributed by atoms with van der Waals surface area (Å²) in [6, 6.07) is 3.48. The molecule has 0 saturated heterocycles. The van der Waals surface area contributed by atoms with Gasteiger partial charge in [-0.1, -0.05) is 11.6 Å². The first kappa shape index (κ1) is 17.9. The number of carboxylic acid groups (broad SMARTS) is 1. The fourth-order valence-corrected chi connectivity index (χ4v) is 2.95. The van der Waals surface area contributed by atoms with Crippen molar-refractivity contribution < 1.29 is 27.8 Å². The second-order valence-corrected chi connectivity index (χ2v) is 6.10. The summed E-state index contributed by atoms with van der Waals surface area (Å²) in [5.74, 6) is -1.23.